The topological polar surface area (TPSA) is 29.5 Å². The van der Waals surface area contributed by atoms with E-state index in [-0.39, 0.29) is 11.6 Å². The number of halogens is 1. The predicted octanol–water partition coefficient (Wildman–Crippen LogP) is 3.52. The quantitative estimate of drug-likeness (QED) is 0.858. The van der Waals surface area contributed by atoms with Crippen LogP contribution in [0, 0.1) is 12.7 Å². The van der Waals surface area contributed by atoms with Crippen molar-refractivity contribution in [2.24, 2.45) is 0 Å². The van der Waals surface area contributed by atoms with Gasteiger partial charge in [-0.2, -0.15) is 0 Å². The highest BCUT2D eigenvalue weighted by molar-refractivity contribution is 5.74. The lowest BCUT2D eigenvalue weighted by molar-refractivity contribution is 0.374. The first-order valence-corrected chi connectivity index (χ1v) is 5.26. The largest absolute Gasteiger partial charge is 0.504 e. The number of aromatic hydroxyl groups is 1. The number of hydrogen-bond donors (Lipinski definition) is 1. The van der Waals surface area contributed by atoms with Gasteiger partial charge in [0.25, 0.3) is 0 Å². The van der Waals surface area contributed by atoms with Gasteiger partial charge in [-0.3, -0.25) is 0 Å². The molecular formula is C14H13FO2. The summed E-state index contributed by atoms with van der Waals surface area (Å²) in [5, 5.41) is 9.97. The molecule has 0 aliphatic rings. The number of phenolic OH excluding ortho intramolecular Hbond substituents is 1. The van der Waals surface area contributed by atoms with Crippen molar-refractivity contribution in [3.63, 3.8) is 0 Å². The number of benzene rings is 2. The molecule has 0 atom stereocenters. The Kier molecular flexibility index (Phi) is 3.00. The van der Waals surface area contributed by atoms with Crippen LogP contribution in [0.2, 0.25) is 0 Å². The minimum absolute atomic E-state index is 0.0421. The molecule has 2 nitrogen and oxygen atoms in total. The SMILES string of the molecule is COc1cccc(-c2cc(C)ccc2F)c1O. The van der Waals surface area contributed by atoms with Crippen LogP contribution in [0.15, 0.2) is 36.4 Å². The molecule has 0 radical (unpaired) electrons. The van der Waals surface area contributed by atoms with Gasteiger partial charge in [0.2, 0.25) is 0 Å². The second-order valence-electron chi connectivity index (χ2n) is 3.84. The Balaban J connectivity index is 2.64. The standard InChI is InChI=1S/C14H13FO2/c1-9-6-7-12(15)11(8-9)10-4-3-5-13(17-2)14(10)16/h3-8,16H,1-2H3. The number of methoxy groups -OCH3 is 1. The molecule has 0 saturated heterocycles. The predicted molar refractivity (Wildman–Crippen MR) is 64.8 cm³/mol. The van der Waals surface area contributed by atoms with Crippen LogP contribution in [-0.4, -0.2) is 12.2 Å². The van der Waals surface area contributed by atoms with Crippen molar-refractivity contribution in [1.29, 1.82) is 0 Å². The lowest BCUT2D eigenvalue weighted by Crippen LogP contribution is -1.89. The van der Waals surface area contributed by atoms with E-state index in [0.717, 1.165) is 5.56 Å². The Morgan fingerprint density at radius 3 is 2.59 bits per heavy atom. The maximum atomic E-state index is 13.7. The van der Waals surface area contributed by atoms with Crippen molar-refractivity contribution >= 4 is 0 Å². The molecule has 88 valence electrons. The lowest BCUT2D eigenvalue weighted by atomic mass is 10.0. The third kappa shape index (κ3) is 2.09. The molecule has 0 aliphatic carbocycles. The van der Waals surface area contributed by atoms with E-state index in [1.165, 1.54) is 13.2 Å². The van der Waals surface area contributed by atoms with E-state index >= 15 is 0 Å². The molecule has 0 amide bonds. The van der Waals surface area contributed by atoms with Crippen LogP contribution in [-0.2, 0) is 0 Å². The summed E-state index contributed by atoms with van der Waals surface area (Å²) in [6.07, 6.45) is 0. The fourth-order valence-corrected chi connectivity index (χ4v) is 1.75. The minimum atomic E-state index is -0.362. The van der Waals surface area contributed by atoms with Crippen LogP contribution in [0.1, 0.15) is 5.56 Å². The van der Waals surface area contributed by atoms with Crippen LogP contribution in [0.25, 0.3) is 11.1 Å². The molecule has 3 heteroatoms. The second kappa shape index (κ2) is 4.45. The Morgan fingerprint density at radius 2 is 1.88 bits per heavy atom. The molecule has 0 aromatic heterocycles. The molecule has 0 saturated carbocycles. The molecule has 0 aliphatic heterocycles. The average molecular weight is 232 g/mol. The fourth-order valence-electron chi connectivity index (χ4n) is 1.75. The van der Waals surface area contributed by atoms with Gasteiger partial charge in [0.05, 0.1) is 7.11 Å². The van der Waals surface area contributed by atoms with Gasteiger partial charge >= 0.3 is 0 Å². The van der Waals surface area contributed by atoms with E-state index in [0.29, 0.717) is 16.9 Å². The summed E-state index contributed by atoms with van der Waals surface area (Å²) < 4.78 is 18.7. The van der Waals surface area contributed by atoms with Gasteiger partial charge < -0.3 is 9.84 Å². The van der Waals surface area contributed by atoms with E-state index < -0.39 is 0 Å². The Morgan fingerprint density at radius 1 is 1.12 bits per heavy atom. The normalized spacial score (nSPS) is 10.3. The number of aryl methyl sites for hydroxylation is 1. The summed E-state index contributed by atoms with van der Waals surface area (Å²) in [7, 11) is 1.46. The third-order valence-corrected chi connectivity index (χ3v) is 2.63. The van der Waals surface area contributed by atoms with Gasteiger partial charge in [-0.15, -0.1) is 0 Å². The van der Waals surface area contributed by atoms with Crippen LogP contribution >= 0.6 is 0 Å². The van der Waals surface area contributed by atoms with E-state index in [9.17, 15) is 9.50 Å². The van der Waals surface area contributed by atoms with Crippen molar-refractivity contribution < 1.29 is 14.2 Å². The number of ether oxygens (including phenoxy) is 1. The summed E-state index contributed by atoms with van der Waals surface area (Å²) in [6.45, 7) is 1.88. The molecule has 0 unspecified atom stereocenters. The molecular weight excluding hydrogens is 219 g/mol. The first kappa shape index (κ1) is 11.5. The van der Waals surface area contributed by atoms with E-state index in [2.05, 4.69) is 0 Å². The highest BCUT2D eigenvalue weighted by Gasteiger charge is 2.12. The van der Waals surface area contributed by atoms with Crippen molar-refractivity contribution in [1.82, 2.24) is 0 Å². The van der Waals surface area contributed by atoms with Crippen LogP contribution in [0.5, 0.6) is 11.5 Å². The maximum absolute atomic E-state index is 13.7. The molecule has 1 N–H and O–H groups in total. The van der Waals surface area contributed by atoms with Gasteiger partial charge in [-0.05, 0) is 25.1 Å². The monoisotopic (exact) mass is 232 g/mol. The zero-order valence-corrected chi connectivity index (χ0v) is 9.70. The van der Waals surface area contributed by atoms with Crippen LogP contribution in [0.4, 0.5) is 4.39 Å². The maximum Gasteiger partial charge on any atom is 0.165 e. The van der Waals surface area contributed by atoms with Gasteiger partial charge in [0.15, 0.2) is 11.5 Å². The first-order chi connectivity index (χ1) is 8.13. The lowest BCUT2D eigenvalue weighted by Gasteiger charge is -2.10. The van der Waals surface area contributed by atoms with E-state index in [4.69, 9.17) is 4.74 Å². The van der Waals surface area contributed by atoms with Gasteiger partial charge in [0, 0.05) is 11.1 Å². The summed E-state index contributed by atoms with van der Waals surface area (Å²) in [5.41, 5.74) is 1.75. The van der Waals surface area contributed by atoms with Gasteiger partial charge in [-0.1, -0.05) is 23.8 Å². The molecule has 0 bridgehead atoms. The number of para-hydroxylation sites is 1. The average Bonchev–Trinajstić information content (AvgIpc) is 2.33. The summed E-state index contributed by atoms with van der Waals surface area (Å²) >= 11 is 0. The molecule has 17 heavy (non-hydrogen) atoms. The molecule has 2 aromatic carbocycles. The molecule has 0 heterocycles. The van der Waals surface area contributed by atoms with Gasteiger partial charge in [0.1, 0.15) is 5.82 Å². The Hall–Kier alpha value is -2.03. The molecule has 0 spiro atoms. The first-order valence-electron chi connectivity index (χ1n) is 5.26. The number of hydrogen-bond acceptors (Lipinski definition) is 2. The van der Waals surface area contributed by atoms with E-state index in [1.807, 2.05) is 6.92 Å². The zero-order valence-electron chi connectivity index (χ0n) is 9.70. The second-order valence-corrected chi connectivity index (χ2v) is 3.84. The number of rotatable bonds is 2. The third-order valence-electron chi connectivity index (χ3n) is 2.63. The summed E-state index contributed by atoms with van der Waals surface area (Å²) in [4.78, 5) is 0. The van der Waals surface area contributed by atoms with Crippen molar-refractivity contribution in [3.8, 4) is 22.6 Å². The Bertz CT molecular complexity index is 550. The number of phenols is 1. The van der Waals surface area contributed by atoms with Gasteiger partial charge in [-0.25, -0.2) is 4.39 Å². The highest BCUT2D eigenvalue weighted by atomic mass is 19.1. The fraction of sp³-hybridized carbons (Fsp3) is 0.143. The van der Waals surface area contributed by atoms with E-state index in [1.54, 1.807) is 30.3 Å². The molecule has 2 aromatic rings. The Labute approximate surface area is 99.3 Å². The molecule has 0 fully saturated rings. The smallest absolute Gasteiger partial charge is 0.165 e. The van der Waals surface area contributed by atoms with Crippen molar-refractivity contribution in [2.75, 3.05) is 7.11 Å². The summed E-state index contributed by atoms with van der Waals surface area (Å²) in [6, 6.07) is 9.79. The zero-order chi connectivity index (χ0) is 12.4. The summed E-state index contributed by atoms with van der Waals surface area (Å²) in [5.74, 6) is -0.0675. The van der Waals surface area contributed by atoms with Crippen LogP contribution < -0.4 is 4.74 Å². The minimum Gasteiger partial charge on any atom is -0.504 e. The highest BCUT2D eigenvalue weighted by Crippen LogP contribution is 2.37. The van der Waals surface area contributed by atoms with Crippen molar-refractivity contribution in [3.05, 3.63) is 47.8 Å². The molecule has 2 rings (SSSR count). The van der Waals surface area contributed by atoms with Crippen LogP contribution in [0.3, 0.4) is 0 Å². The van der Waals surface area contributed by atoms with Crippen molar-refractivity contribution in [2.45, 2.75) is 6.92 Å².